The highest BCUT2D eigenvalue weighted by Crippen LogP contribution is 2.41. The van der Waals surface area contributed by atoms with Crippen molar-refractivity contribution in [3.63, 3.8) is 0 Å². The fourth-order valence-corrected chi connectivity index (χ4v) is 8.00. The Morgan fingerprint density at radius 2 is 1.17 bits per heavy atom. The second-order valence-corrected chi connectivity index (χ2v) is 16.1. The summed E-state index contributed by atoms with van der Waals surface area (Å²) in [5.74, 6) is 2.45. The van der Waals surface area contributed by atoms with Crippen LogP contribution in [0.3, 0.4) is 0 Å². The third-order valence-electron chi connectivity index (χ3n) is 11.4. The molecule has 0 unspecified atom stereocenters. The number of benzene rings is 4. The first-order valence-corrected chi connectivity index (χ1v) is 20.9. The van der Waals surface area contributed by atoms with Gasteiger partial charge >= 0.3 is 0 Å². The Morgan fingerprint density at radius 3 is 1.75 bits per heavy atom. The second kappa shape index (κ2) is 18.0. The molecule has 4 aromatic carbocycles. The molecule has 0 bridgehead atoms. The number of ether oxygens (including phenoxy) is 4. The van der Waals surface area contributed by atoms with E-state index in [0.29, 0.717) is 60.2 Å². The molecule has 11 nitrogen and oxygen atoms in total. The Labute approximate surface area is 352 Å². The average Bonchev–Trinajstić information content (AvgIpc) is 3.83. The van der Waals surface area contributed by atoms with Crippen LogP contribution in [0.2, 0.25) is 0 Å². The number of aryl methyl sites for hydroxylation is 2. The van der Waals surface area contributed by atoms with E-state index >= 15 is 0 Å². The van der Waals surface area contributed by atoms with E-state index in [2.05, 4.69) is 50.2 Å². The molecule has 60 heavy (non-hydrogen) atoms. The number of hydrogen-bond acceptors (Lipinski definition) is 9. The van der Waals surface area contributed by atoms with Crippen LogP contribution in [0.25, 0.3) is 11.1 Å². The minimum Gasteiger partial charge on any atom is -0.494 e. The molecule has 0 aliphatic carbocycles. The predicted octanol–water partition coefficient (Wildman–Crippen LogP) is 9.21. The molecule has 11 heteroatoms. The number of fused-ring (bicyclic) bond motifs is 4. The molecule has 0 fully saturated rings. The number of carbonyl (C=O) groups is 2. The first kappa shape index (κ1) is 40.6. The summed E-state index contributed by atoms with van der Waals surface area (Å²) in [6.07, 6.45) is 12.5. The number of amides is 2. The van der Waals surface area contributed by atoms with Crippen LogP contribution in [0.1, 0.15) is 81.5 Å². The molecule has 8 rings (SSSR count). The summed E-state index contributed by atoms with van der Waals surface area (Å²) in [5, 5.41) is 0. The molecular formula is C49H53N5O6. The van der Waals surface area contributed by atoms with Gasteiger partial charge in [-0.1, -0.05) is 42.0 Å². The van der Waals surface area contributed by atoms with E-state index in [0.717, 1.165) is 78.0 Å². The molecule has 310 valence electrons. The monoisotopic (exact) mass is 807 g/mol. The molecule has 4 aliphatic heterocycles. The average molecular weight is 808 g/mol. The Morgan fingerprint density at radius 1 is 0.633 bits per heavy atom. The predicted molar refractivity (Wildman–Crippen MR) is 237 cm³/mol. The van der Waals surface area contributed by atoms with Crippen LogP contribution in [-0.2, 0) is 0 Å². The molecular weight excluding hydrogens is 755 g/mol. The van der Waals surface area contributed by atoms with Crippen molar-refractivity contribution in [2.24, 2.45) is 9.98 Å². The molecule has 4 aliphatic rings. The molecule has 2 amide bonds. The lowest BCUT2D eigenvalue weighted by atomic mass is 10.0. The molecule has 4 heterocycles. The van der Waals surface area contributed by atoms with Gasteiger partial charge in [0.2, 0.25) is 0 Å². The lowest BCUT2D eigenvalue weighted by Crippen LogP contribution is -2.32. The molecule has 0 saturated carbocycles. The number of aliphatic imine (C=N–C) groups is 2. The normalized spacial score (nSPS) is 17.7. The number of unbranched alkanes of at least 4 members (excludes halogenated alkanes) is 2. The van der Waals surface area contributed by atoms with Crippen LogP contribution in [0.15, 0.2) is 95.2 Å². The van der Waals surface area contributed by atoms with Crippen molar-refractivity contribution in [2.45, 2.75) is 64.5 Å². The molecule has 0 aromatic heterocycles. The summed E-state index contributed by atoms with van der Waals surface area (Å²) in [7, 11) is 5.70. The number of carbonyl (C=O) groups excluding carboxylic acids is 2. The van der Waals surface area contributed by atoms with E-state index < -0.39 is 0 Å². The number of methoxy groups -OCH3 is 1. The fraction of sp³-hybridized carbons (Fsp3) is 0.347. The summed E-state index contributed by atoms with van der Waals surface area (Å²) in [6.45, 7) is 6.69. The molecule has 0 spiro atoms. The highest BCUT2D eigenvalue weighted by atomic mass is 16.5. The number of hydrogen-bond donors (Lipinski definition) is 0. The summed E-state index contributed by atoms with van der Waals surface area (Å²) in [4.78, 5) is 42.8. The number of rotatable bonds is 16. The molecule has 0 saturated heterocycles. The Hall–Kier alpha value is -6.20. The maximum Gasteiger partial charge on any atom is 0.260 e. The van der Waals surface area contributed by atoms with Gasteiger partial charge in [0.15, 0.2) is 11.5 Å². The van der Waals surface area contributed by atoms with Crippen molar-refractivity contribution >= 4 is 46.8 Å². The van der Waals surface area contributed by atoms with Crippen LogP contribution in [0.4, 0.5) is 11.4 Å². The smallest absolute Gasteiger partial charge is 0.260 e. The Bertz CT molecular complexity index is 2360. The van der Waals surface area contributed by atoms with Crippen LogP contribution in [-0.4, -0.2) is 98.6 Å². The fourth-order valence-electron chi connectivity index (χ4n) is 8.00. The van der Waals surface area contributed by atoms with Crippen molar-refractivity contribution in [3.8, 4) is 23.0 Å². The molecule has 0 N–H and O–H groups in total. The minimum absolute atomic E-state index is 0.0457. The lowest BCUT2D eigenvalue weighted by molar-refractivity contribution is 0.0809. The van der Waals surface area contributed by atoms with Crippen LogP contribution < -0.4 is 18.9 Å². The molecule has 2 atom stereocenters. The van der Waals surface area contributed by atoms with Gasteiger partial charge in [-0.15, -0.1) is 0 Å². The highest BCUT2D eigenvalue weighted by Gasteiger charge is 2.35. The third kappa shape index (κ3) is 8.86. The van der Waals surface area contributed by atoms with Crippen molar-refractivity contribution < 1.29 is 28.5 Å². The van der Waals surface area contributed by atoms with E-state index in [1.54, 1.807) is 24.1 Å². The van der Waals surface area contributed by atoms with E-state index in [4.69, 9.17) is 28.9 Å². The molecule has 0 radical (unpaired) electrons. The van der Waals surface area contributed by atoms with E-state index in [1.165, 1.54) is 5.56 Å². The quantitative estimate of drug-likeness (QED) is 0.104. The Kier molecular flexibility index (Phi) is 12.1. The first-order valence-electron chi connectivity index (χ1n) is 20.9. The van der Waals surface area contributed by atoms with Crippen LogP contribution in [0.5, 0.6) is 23.0 Å². The van der Waals surface area contributed by atoms with E-state index in [9.17, 15) is 9.59 Å². The largest absolute Gasteiger partial charge is 0.494 e. The van der Waals surface area contributed by atoms with Gasteiger partial charge in [-0.05, 0) is 106 Å². The summed E-state index contributed by atoms with van der Waals surface area (Å²) >= 11 is 0. The van der Waals surface area contributed by atoms with Gasteiger partial charge in [-0.25, -0.2) is 0 Å². The van der Waals surface area contributed by atoms with Gasteiger partial charge in [-0.3, -0.25) is 19.6 Å². The SMILES string of the molecule is COc1cc2c(cc1OCCCCCOc1cc3c(cc1C)C(=O)N1C=C(c4ccc(C)cc4)C[C@H]1C=N3)N=C[C@@H]1CC(c3ccc(OCCCN(C)C)cc3)=CN1C2=O. The molecule has 4 aromatic rings. The van der Waals surface area contributed by atoms with Crippen LogP contribution >= 0.6 is 0 Å². The summed E-state index contributed by atoms with van der Waals surface area (Å²) in [5.41, 5.74) is 8.76. The topological polar surface area (TPSA) is 106 Å². The minimum atomic E-state index is -0.183. The van der Waals surface area contributed by atoms with Gasteiger partial charge in [0, 0.05) is 56.3 Å². The standard InChI is InChI=1S/C49H53N5O6/c1-32-10-12-34(13-11-32)36-23-38-28-50-43-26-45(33(2)22-41(43)48(55)53(38)30-36)59-19-7-6-8-20-60-47-27-44-42(25-46(47)57-5)49(56)54-31-37(24-39(54)29-51-44)35-14-16-40(17-15-35)58-21-9-18-52(3)4/h10-17,22,25-31,38-39H,6-9,18-21,23-24H2,1-5H3/t38-,39-/m0/s1. The van der Waals surface area contributed by atoms with Gasteiger partial charge in [0.05, 0.1) is 61.5 Å². The second-order valence-electron chi connectivity index (χ2n) is 16.1. The van der Waals surface area contributed by atoms with Gasteiger partial charge < -0.3 is 33.6 Å². The maximum absolute atomic E-state index is 13.9. The lowest BCUT2D eigenvalue weighted by Gasteiger charge is -2.19. The van der Waals surface area contributed by atoms with Crippen molar-refractivity contribution in [1.82, 2.24) is 14.7 Å². The summed E-state index contributed by atoms with van der Waals surface area (Å²) < 4.78 is 24.0. The van der Waals surface area contributed by atoms with Crippen molar-refractivity contribution in [2.75, 3.05) is 47.6 Å². The number of nitrogens with zero attached hydrogens (tertiary/aromatic N) is 5. The Balaban J connectivity index is 0.817. The van der Waals surface area contributed by atoms with Gasteiger partial charge in [-0.2, -0.15) is 0 Å². The van der Waals surface area contributed by atoms with E-state index in [-0.39, 0.29) is 23.9 Å². The zero-order valence-electron chi connectivity index (χ0n) is 35.1. The third-order valence-corrected chi connectivity index (χ3v) is 11.4. The maximum atomic E-state index is 13.9. The van der Waals surface area contributed by atoms with Crippen molar-refractivity contribution in [3.05, 3.63) is 119 Å². The van der Waals surface area contributed by atoms with Crippen molar-refractivity contribution in [1.29, 1.82) is 0 Å². The zero-order chi connectivity index (χ0) is 41.8. The summed E-state index contributed by atoms with van der Waals surface area (Å²) in [6, 6.07) is 23.5. The zero-order valence-corrected chi connectivity index (χ0v) is 35.1. The van der Waals surface area contributed by atoms with Gasteiger partial charge in [0.25, 0.3) is 11.8 Å². The van der Waals surface area contributed by atoms with Gasteiger partial charge in [0.1, 0.15) is 11.5 Å². The highest BCUT2D eigenvalue weighted by molar-refractivity contribution is 6.06. The van der Waals surface area contributed by atoms with Crippen LogP contribution in [0, 0.1) is 13.8 Å². The first-order chi connectivity index (χ1) is 29.1. The van der Waals surface area contributed by atoms with E-state index in [1.807, 2.05) is 73.1 Å².